The van der Waals surface area contributed by atoms with Crippen LogP contribution in [0.3, 0.4) is 0 Å². The zero-order valence-corrected chi connectivity index (χ0v) is 38.1. The number of aromatic amines is 1. The number of aromatic nitrogens is 4. The molecule has 328 valence electrons. The van der Waals surface area contributed by atoms with Gasteiger partial charge in [0.1, 0.15) is 49.3 Å². The second kappa shape index (κ2) is 18.2. The minimum atomic E-state index is -2.25. The Kier molecular flexibility index (Phi) is 12.1. The van der Waals surface area contributed by atoms with Crippen molar-refractivity contribution in [2.75, 3.05) is 27.4 Å². The first kappa shape index (κ1) is 42.4. The molecule has 0 amide bonds. The van der Waals surface area contributed by atoms with Crippen molar-refractivity contribution < 1.29 is 28.0 Å². The summed E-state index contributed by atoms with van der Waals surface area (Å²) < 4.78 is 44.1. The standard InChI is InChI=1S/C50H52N5O7PSi/c1-57-38-25-21-36(22-26-38)50(35-14-7-4-8-15-35,37-23-27-39(58-2)28-24-37)59-32-45-44(30-47(60-45)55-48-42(53-49(55)56)31-51-34-52-48)61-63-54-29-13-20-43(54)46(62-63)33-64(3,40-16-9-5-10-17-40)41-18-11-6-12-19-41/h4-12,14-19,21-28,31,34,43-47H,13,20,29-30,32-33H2,1-3H3,(H,53,56)/t43-,44-,45+,46+,47+,63?/m0/s1. The third-order valence-electron chi connectivity index (χ3n) is 13.3. The number of imidazole rings is 1. The zero-order chi connectivity index (χ0) is 43.7. The molecule has 0 radical (unpaired) electrons. The van der Waals surface area contributed by atoms with Crippen LogP contribution in [0.15, 0.2) is 157 Å². The van der Waals surface area contributed by atoms with E-state index in [-0.39, 0.29) is 24.4 Å². The molecule has 3 aliphatic heterocycles. The Bertz CT molecular complexity index is 2620. The Hall–Kier alpha value is -5.50. The van der Waals surface area contributed by atoms with E-state index in [2.05, 4.69) is 99.0 Å². The van der Waals surface area contributed by atoms with Crippen LogP contribution in [0, 0.1) is 0 Å². The van der Waals surface area contributed by atoms with E-state index in [0.717, 1.165) is 53.6 Å². The van der Waals surface area contributed by atoms with Crippen molar-refractivity contribution in [3.05, 3.63) is 179 Å². The van der Waals surface area contributed by atoms with E-state index in [1.165, 1.54) is 16.7 Å². The lowest BCUT2D eigenvalue weighted by Crippen LogP contribution is -2.58. The Morgan fingerprint density at radius 3 is 2.00 bits per heavy atom. The Labute approximate surface area is 375 Å². The van der Waals surface area contributed by atoms with Crippen LogP contribution in [0.5, 0.6) is 11.5 Å². The third kappa shape index (κ3) is 7.89. The maximum absolute atomic E-state index is 13.7. The van der Waals surface area contributed by atoms with Crippen LogP contribution in [0.4, 0.5) is 0 Å². The van der Waals surface area contributed by atoms with Crippen molar-refractivity contribution in [3.63, 3.8) is 0 Å². The summed E-state index contributed by atoms with van der Waals surface area (Å²) in [6.45, 7) is 3.48. The molecule has 3 aliphatic rings. The average molecular weight is 894 g/mol. The summed E-state index contributed by atoms with van der Waals surface area (Å²) in [5, 5.41) is 2.78. The van der Waals surface area contributed by atoms with Crippen LogP contribution < -0.4 is 25.5 Å². The fourth-order valence-corrected chi connectivity index (χ4v) is 15.9. The van der Waals surface area contributed by atoms with Crippen LogP contribution in [-0.4, -0.2) is 84.0 Å². The van der Waals surface area contributed by atoms with Gasteiger partial charge in [-0.1, -0.05) is 132 Å². The van der Waals surface area contributed by atoms with Crippen LogP contribution in [0.25, 0.3) is 11.2 Å². The van der Waals surface area contributed by atoms with Crippen molar-refractivity contribution in [2.45, 2.75) is 68.0 Å². The van der Waals surface area contributed by atoms with Gasteiger partial charge in [0.15, 0.2) is 5.65 Å². The molecule has 1 N–H and O–H groups in total. The minimum absolute atomic E-state index is 0.0117. The van der Waals surface area contributed by atoms with E-state index < -0.39 is 40.6 Å². The first-order chi connectivity index (χ1) is 31.4. The lowest BCUT2D eigenvalue weighted by molar-refractivity contribution is -0.0911. The van der Waals surface area contributed by atoms with E-state index in [4.69, 9.17) is 28.0 Å². The number of nitrogens with one attached hydrogen (secondary N) is 1. The molecule has 7 aromatic rings. The molecule has 5 aromatic carbocycles. The highest BCUT2D eigenvalue weighted by molar-refractivity contribution is 7.45. The number of fused-ring (bicyclic) bond motifs is 2. The van der Waals surface area contributed by atoms with Crippen molar-refractivity contribution in [1.82, 2.24) is 24.2 Å². The predicted octanol–water partition coefficient (Wildman–Crippen LogP) is 7.80. The fourth-order valence-electron chi connectivity index (χ4n) is 9.94. The molecule has 0 saturated carbocycles. The number of H-pyrrole nitrogens is 1. The summed E-state index contributed by atoms with van der Waals surface area (Å²) in [5.74, 6) is 1.47. The van der Waals surface area contributed by atoms with E-state index in [1.807, 2.05) is 66.7 Å². The van der Waals surface area contributed by atoms with Gasteiger partial charge in [-0.15, -0.1) is 0 Å². The normalized spacial score (nSPS) is 22.5. The molecule has 0 bridgehead atoms. The van der Waals surface area contributed by atoms with E-state index in [0.29, 0.717) is 17.6 Å². The molecule has 14 heteroatoms. The third-order valence-corrected chi connectivity index (χ3v) is 19.5. The van der Waals surface area contributed by atoms with Gasteiger partial charge in [-0.3, -0.25) is 0 Å². The van der Waals surface area contributed by atoms with E-state index in [1.54, 1.807) is 25.0 Å². The van der Waals surface area contributed by atoms with Gasteiger partial charge in [-0.2, -0.15) is 0 Å². The number of rotatable bonds is 15. The van der Waals surface area contributed by atoms with Crippen LogP contribution >= 0.6 is 8.53 Å². The first-order valence-electron chi connectivity index (χ1n) is 21.9. The summed E-state index contributed by atoms with van der Waals surface area (Å²) in [6, 6.07) is 49.2. The van der Waals surface area contributed by atoms with Gasteiger partial charge in [-0.05, 0) is 59.8 Å². The predicted molar refractivity (Wildman–Crippen MR) is 250 cm³/mol. The molecule has 6 atom stereocenters. The second-order valence-corrected chi connectivity index (χ2v) is 22.5. The monoisotopic (exact) mass is 893 g/mol. The Morgan fingerprint density at radius 1 is 0.797 bits per heavy atom. The molecule has 0 aliphatic carbocycles. The number of ether oxygens (including phenoxy) is 4. The van der Waals surface area contributed by atoms with Crippen LogP contribution in [0.1, 0.15) is 42.2 Å². The van der Waals surface area contributed by atoms with Gasteiger partial charge < -0.3 is 33.0 Å². The van der Waals surface area contributed by atoms with Gasteiger partial charge in [0, 0.05) is 19.0 Å². The van der Waals surface area contributed by atoms with E-state index >= 15 is 0 Å². The van der Waals surface area contributed by atoms with Crippen molar-refractivity contribution >= 4 is 38.1 Å². The highest BCUT2D eigenvalue weighted by Crippen LogP contribution is 2.59. The van der Waals surface area contributed by atoms with Crippen molar-refractivity contribution in [1.29, 1.82) is 0 Å². The summed E-state index contributed by atoms with van der Waals surface area (Å²) in [5.41, 5.74) is 2.30. The molecule has 10 rings (SSSR count). The minimum Gasteiger partial charge on any atom is -0.497 e. The summed E-state index contributed by atoms with van der Waals surface area (Å²) in [7, 11) is -0.408. The van der Waals surface area contributed by atoms with Gasteiger partial charge >= 0.3 is 5.69 Å². The number of methoxy groups -OCH3 is 2. The summed E-state index contributed by atoms with van der Waals surface area (Å²) >= 11 is 0. The molecule has 0 spiro atoms. The molecule has 64 heavy (non-hydrogen) atoms. The topological polar surface area (TPSA) is 122 Å². The molecule has 2 aromatic heterocycles. The highest BCUT2D eigenvalue weighted by atomic mass is 31.2. The summed E-state index contributed by atoms with van der Waals surface area (Å²) in [4.78, 5) is 25.2. The maximum Gasteiger partial charge on any atom is 0.329 e. The summed E-state index contributed by atoms with van der Waals surface area (Å²) in [6.07, 6.45) is 3.73. The van der Waals surface area contributed by atoms with E-state index in [9.17, 15) is 4.79 Å². The number of hydrogen-bond acceptors (Lipinski definition) is 10. The fraction of sp³-hybridized carbons (Fsp3) is 0.300. The second-order valence-electron chi connectivity index (χ2n) is 16.9. The molecule has 1 unspecified atom stereocenters. The zero-order valence-electron chi connectivity index (χ0n) is 36.2. The molecule has 3 fully saturated rings. The van der Waals surface area contributed by atoms with Gasteiger partial charge in [0.25, 0.3) is 8.53 Å². The van der Waals surface area contributed by atoms with Crippen LogP contribution in [0.2, 0.25) is 12.6 Å². The van der Waals surface area contributed by atoms with Gasteiger partial charge in [0.2, 0.25) is 0 Å². The van der Waals surface area contributed by atoms with Gasteiger partial charge in [-0.25, -0.2) is 24.0 Å². The number of benzene rings is 5. The Balaban J connectivity index is 1.01. The molecule has 5 heterocycles. The lowest BCUT2D eigenvalue weighted by Gasteiger charge is -2.37. The highest BCUT2D eigenvalue weighted by Gasteiger charge is 2.52. The van der Waals surface area contributed by atoms with Crippen molar-refractivity contribution in [2.24, 2.45) is 0 Å². The number of nitrogens with zero attached hydrogens (tertiary/aromatic N) is 4. The molecule has 3 saturated heterocycles. The smallest absolute Gasteiger partial charge is 0.329 e. The molecule has 12 nitrogen and oxygen atoms in total. The quantitative estimate of drug-likeness (QED) is 0.0620. The molecular formula is C50H52N5O7PSi. The van der Waals surface area contributed by atoms with Gasteiger partial charge in [0.05, 0.1) is 39.2 Å². The van der Waals surface area contributed by atoms with Crippen molar-refractivity contribution in [3.8, 4) is 11.5 Å². The number of hydrogen-bond donors (Lipinski definition) is 1. The SMILES string of the molecule is COc1ccc(C(OC[C@H]2O[C@@H](n3c(=O)[nH]c4cncnc43)C[C@@H]2OP2O[C@H](C[Si](C)(c3ccccc3)c3ccccc3)[C@@H]3CCCN32)(c2ccccc2)c2ccc(OC)cc2)cc1. The average Bonchev–Trinajstić information content (AvgIpc) is 4.14. The lowest BCUT2D eigenvalue weighted by atomic mass is 9.80. The maximum atomic E-state index is 13.7. The molecular weight excluding hydrogens is 842 g/mol. The largest absolute Gasteiger partial charge is 0.497 e. The van der Waals surface area contributed by atoms with Crippen LogP contribution in [-0.2, 0) is 24.1 Å². The Morgan fingerprint density at radius 2 is 1.39 bits per heavy atom. The first-order valence-corrected chi connectivity index (χ1v) is 25.8.